The van der Waals surface area contributed by atoms with Gasteiger partial charge in [0.25, 0.3) is 0 Å². The van der Waals surface area contributed by atoms with Crippen molar-refractivity contribution >= 4 is 0 Å². The van der Waals surface area contributed by atoms with E-state index in [2.05, 4.69) is 4.98 Å². The number of aliphatic hydroxyl groups is 1. The van der Waals surface area contributed by atoms with E-state index in [1.165, 1.54) is 12.1 Å². The molecule has 2 rings (SSSR count). The van der Waals surface area contributed by atoms with Crippen LogP contribution in [0.4, 0.5) is 4.39 Å². The van der Waals surface area contributed by atoms with E-state index >= 15 is 0 Å². The summed E-state index contributed by atoms with van der Waals surface area (Å²) in [5, 5.41) is 9.11. The van der Waals surface area contributed by atoms with E-state index in [0.717, 1.165) is 5.69 Å². The van der Waals surface area contributed by atoms with Crippen LogP contribution in [-0.2, 0) is 13.7 Å². The summed E-state index contributed by atoms with van der Waals surface area (Å²) >= 11 is 0. The average Bonchev–Trinajstić information content (AvgIpc) is 2.56. The zero-order valence-electron chi connectivity index (χ0n) is 9.24. The molecule has 0 atom stereocenters. The lowest BCUT2D eigenvalue weighted by molar-refractivity contribution is 0.276. The molecule has 1 aromatic carbocycles. The Morgan fingerprint density at radius 3 is 2.75 bits per heavy atom. The Hall–Kier alpha value is -1.68. The van der Waals surface area contributed by atoms with Crippen LogP contribution in [0.5, 0.6) is 0 Å². The van der Waals surface area contributed by atoms with E-state index in [-0.39, 0.29) is 12.4 Å². The Morgan fingerprint density at radius 2 is 2.19 bits per heavy atom. The van der Waals surface area contributed by atoms with Gasteiger partial charge in [-0.3, -0.25) is 0 Å². The maximum absolute atomic E-state index is 13.1. The van der Waals surface area contributed by atoms with Crippen LogP contribution in [0.1, 0.15) is 11.4 Å². The molecule has 0 amide bonds. The Bertz CT molecular complexity index is 520. The maximum Gasteiger partial charge on any atom is 0.140 e. The molecule has 1 N–H and O–H groups in total. The molecule has 0 aliphatic carbocycles. The highest BCUT2D eigenvalue weighted by atomic mass is 19.1. The number of hydrogen-bond acceptors (Lipinski definition) is 2. The van der Waals surface area contributed by atoms with Gasteiger partial charge in [0, 0.05) is 18.3 Å². The highest BCUT2D eigenvalue weighted by Gasteiger charge is 2.12. The topological polar surface area (TPSA) is 38.1 Å². The molecule has 84 valence electrons. The fraction of sp³-hybridized carbons (Fsp3) is 0.250. The van der Waals surface area contributed by atoms with Crippen LogP contribution < -0.4 is 0 Å². The van der Waals surface area contributed by atoms with E-state index < -0.39 is 0 Å². The first-order valence-corrected chi connectivity index (χ1v) is 5.02. The Morgan fingerprint density at radius 1 is 1.44 bits per heavy atom. The van der Waals surface area contributed by atoms with Gasteiger partial charge < -0.3 is 9.67 Å². The lowest BCUT2D eigenvalue weighted by atomic mass is 10.2. The van der Waals surface area contributed by atoms with Crippen molar-refractivity contribution in [3.05, 3.63) is 41.5 Å². The van der Waals surface area contributed by atoms with E-state index in [1.807, 2.05) is 18.5 Å². The van der Waals surface area contributed by atoms with Gasteiger partial charge in [0.1, 0.15) is 11.6 Å². The second-order valence-electron chi connectivity index (χ2n) is 3.69. The van der Waals surface area contributed by atoms with Crippen molar-refractivity contribution in [1.29, 1.82) is 0 Å². The van der Waals surface area contributed by atoms with Crippen molar-refractivity contribution < 1.29 is 9.50 Å². The summed E-state index contributed by atoms with van der Waals surface area (Å²) in [6.07, 6.45) is 0. The second-order valence-corrected chi connectivity index (χ2v) is 3.69. The number of halogens is 1. The first kappa shape index (κ1) is 10.8. The number of nitrogens with zero attached hydrogens (tertiary/aromatic N) is 2. The monoisotopic (exact) mass is 220 g/mol. The third-order valence-corrected chi connectivity index (χ3v) is 2.71. The molecular weight excluding hydrogens is 207 g/mol. The molecule has 1 aromatic heterocycles. The van der Waals surface area contributed by atoms with Gasteiger partial charge >= 0.3 is 0 Å². The van der Waals surface area contributed by atoms with Crippen molar-refractivity contribution in [3.63, 3.8) is 0 Å². The number of rotatable bonds is 2. The first-order valence-electron chi connectivity index (χ1n) is 5.02. The average molecular weight is 220 g/mol. The van der Waals surface area contributed by atoms with Crippen LogP contribution in [0.3, 0.4) is 0 Å². The molecule has 0 saturated heterocycles. The standard InChI is InChI=1S/C12H13FN2O/c1-8-11(7-16)14-12(15(8)2)9-4-3-5-10(13)6-9/h3-6,16H,7H2,1-2H3. The Kier molecular flexibility index (Phi) is 2.75. The zero-order chi connectivity index (χ0) is 11.7. The van der Waals surface area contributed by atoms with Crippen LogP contribution in [0.2, 0.25) is 0 Å². The molecule has 0 bridgehead atoms. The highest BCUT2D eigenvalue weighted by Crippen LogP contribution is 2.21. The molecule has 0 radical (unpaired) electrons. The minimum Gasteiger partial charge on any atom is -0.390 e. The fourth-order valence-electron chi connectivity index (χ4n) is 1.67. The summed E-state index contributed by atoms with van der Waals surface area (Å²) in [6.45, 7) is 1.77. The Balaban J connectivity index is 2.56. The summed E-state index contributed by atoms with van der Waals surface area (Å²) in [5.41, 5.74) is 2.23. The molecule has 4 heteroatoms. The molecule has 0 fully saturated rings. The van der Waals surface area contributed by atoms with E-state index in [9.17, 15) is 4.39 Å². The number of aromatic nitrogens is 2. The SMILES string of the molecule is Cc1c(CO)nc(-c2cccc(F)c2)n1C. The molecule has 0 spiro atoms. The van der Waals surface area contributed by atoms with Gasteiger partial charge in [-0.25, -0.2) is 9.37 Å². The van der Waals surface area contributed by atoms with E-state index in [4.69, 9.17) is 5.11 Å². The van der Waals surface area contributed by atoms with Gasteiger partial charge in [-0.1, -0.05) is 12.1 Å². The molecule has 16 heavy (non-hydrogen) atoms. The van der Waals surface area contributed by atoms with Crippen LogP contribution in [0, 0.1) is 12.7 Å². The van der Waals surface area contributed by atoms with Gasteiger partial charge in [0.15, 0.2) is 0 Å². The molecule has 0 saturated carbocycles. The molecule has 0 aliphatic rings. The quantitative estimate of drug-likeness (QED) is 0.840. The molecule has 0 aliphatic heterocycles. The first-order chi connectivity index (χ1) is 7.63. The van der Waals surface area contributed by atoms with Crippen LogP contribution >= 0.6 is 0 Å². The van der Waals surface area contributed by atoms with Crippen LogP contribution in [-0.4, -0.2) is 14.7 Å². The highest BCUT2D eigenvalue weighted by molar-refractivity contribution is 5.56. The summed E-state index contributed by atoms with van der Waals surface area (Å²) in [6, 6.07) is 6.27. The van der Waals surface area contributed by atoms with Crippen LogP contribution in [0.15, 0.2) is 24.3 Å². The second kappa shape index (κ2) is 4.06. The predicted molar refractivity (Wildman–Crippen MR) is 59.3 cm³/mol. The summed E-state index contributed by atoms with van der Waals surface area (Å²) in [4.78, 5) is 4.29. The van der Waals surface area contributed by atoms with Gasteiger partial charge in [-0.2, -0.15) is 0 Å². The van der Waals surface area contributed by atoms with Crippen LogP contribution in [0.25, 0.3) is 11.4 Å². The third kappa shape index (κ3) is 1.72. The summed E-state index contributed by atoms with van der Waals surface area (Å²) in [5.74, 6) is 0.379. The number of imidazole rings is 1. The molecule has 2 aromatic rings. The number of hydrogen-bond donors (Lipinski definition) is 1. The maximum atomic E-state index is 13.1. The largest absolute Gasteiger partial charge is 0.390 e. The fourth-order valence-corrected chi connectivity index (χ4v) is 1.67. The lowest BCUT2D eigenvalue weighted by Crippen LogP contribution is -1.95. The molecular formula is C12H13FN2O. The molecule has 3 nitrogen and oxygen atoms in total. The minimum absolute atomic E-state index is 0.102. The lowest BCUT2D eigenvalue weighted by Gasteiger charge is -2.02. The zero-order valence-corrected chi connectivity index (χ0v) is 9.24. The Labute approximate surface area is 93.2 Å². The number of aliphatic hydroxyl groups excluding tert-OH is 1. The third-order valence-electron chi connectivity index (χ3n) is 2.71. The van der Waals surface area contributed by atoms with Gasteiger partial charge in [0.2, 0.25) is 0 Å². The summed E-state index contributed by atoms with van der Waals surface area (Å²) in [7, 11) is 1.85. The normalized spacial score (nSPS) is 10.8. The van der Waals surface area contributed by atoms with Crippen molar-refractivity contribution in [2.24, 2.45) is 7.05 Å². The van der Waals surface area contributed by atoms with E-state index in [0.29, 0.717) is 17.1 Å². The van der Waals surface area contributed by atoms with Crippen molar-refractivity contribution in [2.75, 3.05) is 0 Å². The summed E-state index contributed by atoms with van der Waals surface area (Å²) < 4.78 is 14.9. The van der Waals surface area contributed by atoms with Gasteiger partial charge in [-0.05, 0) is 19.1 Å². The van der Waals surface area contributed by atoms with Crippen molar-refractivity contribution in [3.8, 4) is 11.4 Å². The molecule has 0 unspecified atom stereocenters. The van der Waals surface area contributed by atoms with Gasteiger partial charge in [0.05, 0.1) is 12.3 Å². The van der Waals surface area contributed by atoms with Crippen molar-refractivity contribution in [2.45, 2.75) is 13.5 Å². The van der Waals surface area contributed by atoms with Crippen molar-refractivity contribution in [1.82, 2.24) is 9.55 Å². The van der Waals surface area contributed by atoms with E-state index in [1.54, 1.807) is 12.1 Å². The van der Waals surface area contributed by atoms with Gasteiger partial charge in [-0.15, -0.1) is 0 Å². The molecule has 1 heterocycles. The minimum atomic E-state index is -0.288. The smallest absolute Gasteiger partial charge is 0.140 e. The number of benzene rings is 1. The predicted octanol–water partition coefficient (Wildman–Crippen LogP) is 2.03.